The molecule has 1 amide bonds. The molecule has 1 N–H and O–H groups in total. The van der Waals surface area contributed by atoms with Gasteiger partial charge >= 0.3 is 11.7 Å². The van der Waals surface area contributed by atoms with Gasteiger partial charge in [-0.3, -0.25) is 9.36 Å². The third kappa shape index (κ3) is 2.80. The smallest absolute Gasteiger partial charge is 0.347 e. The van der Waals surface area contributed by atoms with Gasteiger partial charge in [-0.15, -0.1) is 11.8 Å². The Morgan fingerprint density at radius 3 is 2.81 bits per heavy atom. The van der Waals surface area contributed by atoms with Crippen LogP contribution >= 0.6 is 11.8 Å². The molecule has 7 nitrogen and oxygen atoms in total. The predicted octanol–water partition coefficient (Wildman–Crippen LogP) is 0.00800. The third-order valence-electron chi connectivity index (χ3n) is 3.72. The van der Waals surface area contributed by atoms with Crippen LogP contribution in [0.5, 0.6) is 0 Å². The highest BCUT2D eigenvalue weighted by Crippen LogP contribution is 2.45. The molecular formula is C13H15N3O4S. The van der Waals surface area contributed by atoms with Gasteiger partial charge in [-0.05, 0) is 24.8 Å². The van der Waals surface area contributed by atoms with Crippen molar-refractivity contribution in [2.24, 2.45) is 5.92 Å². The van der Waals surface area contributed by atoms with Gasteiger partial charge in [0, 0.05) is 18.1 Å². The van der Waals surface area contributed by atoms with Crippen LogP contribution in [0.1, 0.15) is 12.8 Å². The molecule has 1 aromatic rings. The number of amides is 1. The van der Waals surface area contributed by atoms with Crippen molar-refractivity contribution in [3.05, 3.63) is 28.9 Å². The summed E-state index contributed by atoms with van der Waals surface area (Å²) in [6.45, 7) is -0.166. The maximum Gasteiger partial charge on any atom is 0.347 e. The second-order valence-electron chi connectivity index (χ2n) is 5.25. The van der Waals surface area contributed by atoms with E-state index in [4.69, 9.17) is 0 Å². The molecule has 1 saturated carbocycles. The Kier molecular flexibility index (Phi) is 3.71. The van der Waals surface area contributed by atoms with E-state index in [1.807, 2.05) is 0 Å². The fraction of sp³-hybridized carbons (Fsp3) is 0.538. The monoisotopic (exact) mass is 309 g/mol. The van der Waals surface area contributed by atoms with Gasteiger partial charge in [0.2, 0.25) is 5.91 Å². The van der Waals surface area contributed by atoms with E-state index in [9.17, 15) is 19.5 Å². The Morgan fingerprint density at radius 2 is 2.19 bits per heavy atom. The lowest BCUT2D eigenvalue weighted by Gasteiger charge is -2.27. The first-order valence-corrected chi connectivity index (χ1v) is 7.80. The number of rotatable bonds is 4. The van der Waals surface area contributed by atoms with E-state index in [2.05, 4.69) is 4.98 Å². The van der Waals surface area contributed by atoms with E-state index in [-0.39, 0.29) is 17.8 Å². The van der Waals surface area contributed by atoms with E-state index >= 15 is 0 Å². The van der Waals surface area contributed by atoms with Crippen LogP contribution in [-0.2, 0) is 16.1 Å². The number of hydrogen-bond acceptors (Lipinski definition) is 5. The fourth-order valence-electron chi connectivity index (χ4n) is 2.51. The lowest BCUT2D eigenvalue weighted by atomic mass is 10.2. The van der Waals surface area contributed by atoms with Crippen LogP contribution in [0, 0.1) is 5.92 Å². The van der Waals surface area contributed by atoms with Gasteiger partial charge in [0.15, 0.2) is 0 Å². The van der Waals surface area contributed by atoms with Gasteiger partial charge in [-0.1, -0.05) is 0 Å². The zero-order chi connectivity index (χ0) is 15.0. The minimum absolute atomic E-state index is 0.0778. The second kappa shape index (κ2) is 5.51. The van der Waals surface area contributed by atoms with E-state index in [0.717, 1.165) is 12.8 Å². The molecule has 0 bridgehead atoms. The Labute approximate surface area is 125 Å². The molecule has 21 heavy (non-hydrogen) atoms. The molecule has 1 aromatic heterocycles. The Morgan fingerprint density at radius 1 is 1.43 bits per heavy atom. The van der Waals surface area contributed by atoms with Gasteiger partial charge in [0.1, 0.15) is 12.6 Å². The zero-order valence-corrected chi connectivity index (χ0v) is 12.0. The number of aliphatic carboxylic acids is 1. The normalized spacial score (nSPS) is 25.0. The van der Waals surface area contributed by atoms with Gasteiger partial charge in [-0.2, -0.15) is 0 Å². The first-order valence-electron chi connectivity index (χ1n) is 6.75. The van der Waals surface area contributed by atoms with Crippen molar-refractivity contribution in [1.29, 1.82) is 0 Å². The molecule has 112 valence electrons. The number of carboxylic acids is 1. The maximum atomic E-state index is 12.5. The van der Waals surface area contributed by atoms with Crippen LogP contribution < -0.4 is 5.69 Å². The molecule has 3 rings (SSSR count). The van der Waals surface area contributed by atoms with Crippen LogP contribution in [0.3, 0.4) is 0 Å². The molecule has 0 spiro atoms. The summed E-state index contributed by atoms with van der Waals surface area (Å²) in [6.07, 6.45) is 4.90. The predicted molar refractivity (Wildman–Crippen MR) is 75.7 cm³/mol. The summed E-state index contributed by atoms with van der Waals surface area (Å²) in [6, 6.07) is 0.765. The lowest BCUT2D eigenvalue weighted by molar-refractivity contribution is -0.149. The van der Waals surface area contributed by atoms with E-state index in [0.29, 0.717) is 11.7 Å². The third-order valence-corrected chi connectivity index (χ3v) is 5.18. The van der Waals surface area contributed by atoms with Crippen molar-refractivity contribution < 1.29 is 14.7 Å². The van der Waals surface area contributed by atoms with Crippen molar-refractivity contribution in [3.8, 4) is 0 Å². The second-order valence-corrected chi connectivity index (χ2v) is 6.40. The van der Waals surface area contributed by atoms with Gasteiger partial charge in [0.05, 0.1) is 5.37 Å². The number of nitrogens with zero attached hydrogens (tertiary/aromatic N) is 3. The molecular weight excluding hydrogens is 294 g/mol. The van der Waals surface area contributed by atoms with Crippen LogP contribution in [-0.4, -0.2) is 48.6 Å². The number of hydrogen-bond donors (Lipinski definition) is 1. The summed E-state index contributed by atoms with van der Waals surface area (Å²) in [5.41, 5.74) is -0.507. The topological polar surface area (TPSA) is 92.5 Å². The molecule has 8 heteroatoms. The zero-order valence-electron chi connectivity index (χ0n) is 11.2. The summed E-state index contributed by atoms with van der Waals surface area (Å²) in [5.74, 6) is -0.532. The summed E-state index contributed by atoms with van der Waals surface area (Å²) in [5, 5.41) is 9.21. The highest BCUT2D eigenvalue weighted by atomic mass is 32.2. The molecule has 2 unspecified atom stereocenters. The fourth-order valence-corrected chi connectivity index (χ4v) is 4.17. The van der Waals surface area contributed by atoms with Gasteiger partial charge < -0.3 is 10.0 Å². The minimum atomic E-state index is -0.988. The van der Waals surface area contributed by atoms with Crippen LogP contribution in [0.15, 0.2) is 23.3 Å². The number of thioether (sulfide) groups is 1. The minimum Gasteiger partial charge on any atom is -0.480 e. The molecule has 2 aliphatic rings. The molecule has 1 aliphatic heterocycles. The first kappa shape index (κ1) is 14.1. The molecule has 0 radical (unpaired) electrons. The van der Waals surface area contributed by atoms with E-state index in [1.54, 1.807) is 6.07 Å². The summed E-state index contributed by atoms with van der Waals surface area (Å²) in [7, 11) is 0. The molecule has 0 aromatic carbocycles. The lowest BCUT2D eigenvalue weighted by Crippen LogP contribution is -2.48. The van der Waals surface area contributed by atoms with Crippen molar-refractivity contribution in [3.63, 3.8) is 0 Å². The van der Waals surface area contributed by atoms with Crippen molar-refractivity contribution in [2.45, 2.75) is 30.8 Å². The summed E-state index contributed by atoms with van der Waals surface area (Å²) >= 11 is 1.52. The largest absolute Gasteiger partial charge is 0.480 e. The summed E-state index contributed by atoms with van der Waals surface area (Å²) < 4.78 is 1.20. The van der Waals surface area contributed by atoms with Crippen molar-refractivity contribution in [2.75, 3.05) is 5.75 Å². The van der Waals surface area contributed by atoms with Crippen molar-refractivity contribution in [1.82, 2.24) is 14.5 Å². The Bertz CT molecular complexity index is 628. The van der Waals surface area contributed by atoms with E-state index in [1.165, 1.54) is 33.6 Å². The van der Waals surface area contributed by atoms with E-state index < -0.39 is 17.7 Å². The first-order chi connectivity index (χ1) is 10.1. The maximum absolute atomic E-state index is 12.5. The molecule has 2 fully saturated rings. The molecule has 2 heterocycles. The molecule has 1 saturated heterocycles. The van der Waals surface area contributed by atoms with Gasteiger partial charge in [0.25, 0.3) is 0 Å². The number of carboxylic acid groups (broad SMARTS) is 1. The Balaban J connectivity index is 1.81. The molecule has 1 aliphatic carbocycles. The van der Waals surface area contributed by atoms with Crippen LogP contribution in [0.25, 0.3) is 0 Å². The Hall–Kier alpha value is -1.83. The van der Waals surface area contributed by atoms with Crippen LogP contribution in [0.4, 0.5) is 0 Å². The average molecular weight is 309 g/mol. The highest BCUT2D eigenvalue weighted by molar-refractivity contribution is 8.00. The average Bonchev–Trinajstić information content (AvgIpc) is 3.19. The SMILES string of the molecule is O=C(O)C1CSC(C2CC2)N1C(=O)Cn1cccnc1=O. The van der Waals surface area contributed by atoms with Crippen LogP contribution in [0.2, 0.25) is 0 Å². The number of carbonyl (C=O) groups is 2. The quantitative estimate of drug-likeness (QED) is 0.842. The van der Waals surface area contributed by atoms with Crippen molar-refractivity contribution >= 4 is 23.6 Å². The highest BCUT2D eigenvalue weighted by Gasteiger charge is 2.47. The summed E-state index contributed by atoms with van der Waals surface area (Å²) in [4.78, 5) is 40.4. The molecule has 2 atom stereocenters. The standard InChI is InChI=1S/C13H15N3O4S/c17-10(6-15-5-1-4-14-13(15)20)16-9(12(18)19)7-21-11(16)8-2-3-8/h1,4-5,8-9,11H,2-3,6-7H2,(H,18,19). The van der Waals surface area contributed by atoms with Gasteiger partial charge in [-0.25, -0.2) is 14.6 Å². The number of aromatic nitrogens is 2. The number of carbonyl (C=O) groups excluding carboxylic acids is 1.